The molecule has 0 radical (unpaired) electrons. The molecule has 1 heterocycles. The van der Waals surface area contributed by atoms with Crippen LogP contribution in [0.25, 0.3) is 0 Å². The number of ether oxygens (including phenoxy) is 1. The normalized spacial score (nSPS) is 12.9. The van der Waals surface area contributed by atoms with Crippen molar-refractivity contribution in [2.45, 2.75) is 26.3 Å². The Labute approximate surface area is 91.3 Å². The SMILES string of the molecule is Cc1cnc(OCC[C@@H](C)N(C)C)cn1. The van der Waals surface area contributed by atoms with E-state index in [1.165, 1.54) is 0 Å². The third-order valence-corrected chi connectivity index (χ3v) is 2.42. The Balaban J connectivity index is 2.29. The number of hydrogen-bond donors (Lipinski definition) is 0. The molecule has 0 aromatic carbocycles. The topological polar surface area (TPSA) is 38.2 Å². The lowest BCUT2D eigenvalue weighted by Gasteiger charge is -2.19. The second kappa shape index (κ2) is 5.66. The highest BCUT2D eigenvalue weighted by molar-refractivity contribution is 5.05. The van der Waals surface area contributed by atoms with Gasteiger partial charge in [-0.2, -0.15) is 0 Å². The molecule has 0 unspecified atom stereocenters. The summed E-state index contributed by atoms with van der Waals surface area (Å²) >= 11 is 0. The van der Waals surface area contributed by atoms with Gasteiger partial charge >= 0.3 is 0 Å². The van der Waals surface area contributed by atoms with Gasteiger partial charge in [0, 0.05) is 6.04 Å². The Morgan fingerprint density at radius 1 is 1.33 bits per heavy atom. The fourth-order valence-corrected chi connectivity index (χ4v) is 1.05. The van der Waals surface area contributed by atoms with E-state index in [4.69, 9.17) is 4.74 Å². The highest BCUT2D eigenvalue weighted by Crippen LogP contribution is 2.05. The van der Waals surface area contributed by atoms with Crippen molar-refractivity contribution in [3.05, 3.63) is 18.1 Å². The van der Waals surface area contributed by atoms with Crippen LogP contribution in [0, 0.1) is 6.92 Å². The molecular weight excluding hydrogens is 190 g/mol. The van der Waals surface area contributed by atoms with Gasteiger partial charge in [-0.1, -0.05) is 0 Å². The van der Waals surface area contributed by atoms with Crippen molar-refractivity contribution in [2.24, 2.45) is 0 Å². The summed E-state index contributed by atoms with van der Waals surface area (Å²) in [5.41, 5.74) is 0.906. The van der Waals surface area contributed by atoms with Crippen LogP contribution in [-0.4, -0.2) is 41.6 Å². The molecule has 0 bridgehead atoms. The molecule has 1 aromatic heterocycles. The first-order valence-electron chi connectivity index (χ1n) is 5.17. The van der Waals surface area contributed by atoms with Crippen molar-refractivity contribution in [2.75, 3.05) is 20.7 Å². The Morgan fingerprint density at radius 3 is 2.60 bits per heavy atom. The Bertz CT molecular complexity index is 284. The quantitative estimate of drug-likeness (QED) is 0.736. The van der Waals surface area contributed by atoms with Gasteiger partial charge in [-0.3, -0.25) is 4.98 Å². The molecule has 0 aliphatic carbocycles. The predicted octanol–water partition coefficient (Wildman–Crippen LogP) is 1.50. The van der Waals surface area contributed by atoms with Crippen LogP contribution in [0.3, 0.4) is 0 Å². The smallest absolute Gasteiger partial charge is 0.232 e. The van der Waals surface area contributed by atoms with Crippen LogP contribution in [0.4, 0.5) is 0 Å². The maximum atomic E-state index is 5.48. The molecule has 15 heavy (non-hydrogen) atoms. The third-order valence-electron chi connectivity index (χ3n) is 2.42. The summed E-state index contributed by atoms with van der Waals surface area (Å²) in [6.07, 6.45) is 4.36. The fourth-order valence-electron chi connectivity index (χ4n) is 1.05. The van der Waals surface area contributed by atoms with Gasteiger partial charge in [-0.25, -0.2) is 4.98 Å². The first-order valence-corrected chi connectivity index (χ1v) is 5.17. The maximum absolute atomic E-state index is 5.48. The zero-order chi connectivity index (χ0) is 11.3. The summed E-state index contributed by atoms with van der Waals surface area (Å²) in [4.78, 5) is 10.4. The Morgan fingerprint density at radius 2 is 2.07 bits per heavy atom. The van der Waals surface area contributed by atoms with E-state index in [1.807, 2.05) is 6.92 Å². The van der Waals surface area contributed by atoms with E-state index in [2.05, 4.69) is 35.9 Å². The first kappa shape index (κ1) is 11.9. The molecule has 0 aliphatic rings. The van der Waals surface area contributed by atoms with Crippen LogP contribution >= 0.6 is 0 Å². The lowest BCUT2D eigenvalue weighted by Crippen LogP contribution is -2.26. The second-order valence-electron chi connectivity index (χ2n) is 3.95. The van der Waals surface area contributed by atoms with Crippen LogP contribution in [0.2, 0.25) is 0 Å². The summed E-state index contributed by atoms with van der Waals surface area (Å²) in [5.74, 6) is 0.603. The standard InChI is InChI=1S/C11H19N3O/c1-9-7-13-11(8-12-9)15-6-5-10(2)14(3)4/h7-8,10H,5-6H2,1-4H3/t10-/m1/s1. The van der Waals surface area contributed by atoms with Crippen LogP contribution in [-0.2, 0) is 0 Å². The molecule has 0 fully saturated rings. The van der Waals surface area contributed by atoms with Crippen molar-refractivity contribution in [3.63, 3.8) is 0 Å². The highest BCUT2D eigenvalue weighted by atomic mass is 16.5. The minimum atomic E-state index is 0.517. The lowest BCUT2D eigenvalue weighted by atomic mass is 10.2. The summed E-state index contributed by atoms with van der Waals surface area (Å²) < 4.78 is 5.48. The summed E-state index contributed by atoms with van der Waals surface area (Å²) in [6.45, 7) is 4.76. The van der Waals surface area contributed by atoms with Crippen molar-refractivity contribution in [1.82, 2.24) is 14.9 Å². The molecule has 1 aromatic rings. The third kappa shape index (κ3) is 4.25. The summed E-state index contributed by atoms with van der Waals surface area (Å²) in [5, 5.41) is 0. The average Bonchev–Trinajstić information content (AvgIpc) is 2.20. The van der Waals surface area contributed by atoms with Crippen molar-refractivity contribution < 1.29 is 4.74 Å². The van der Waals surface area contributed by atoms with Crippen LogP contribution in [0.5, 0.6) is 5.88 Å². The largest absolute Gasteiger partial charge is 0.477 e. The van der Waals surface area contributed by atoms with Gasteiger partial charge in [0.05, 0.1) is 24.7 Å². The fraction of sp³-hybridized carbons (Fsp3) is 0.636. The molecular formula is C11H19N3O. The summed E-state index contributed by atoms with van der Waals surface area (Å²) in [6, 6.07) is 0.517. The molecule has 0 amide bonds. The van der Waals surface area contributed by atoms with E-state index >= 15 is 0 Å². The Kier molecular flexibility index (Phi) is 4.49. The van der Waals surface area contributed by atoms with Crippen molar-refractivity contribution in [1.29, 1.82) is 0 Å². The van der Waals surface area contributed by atoms with E-state index in [1.54, 1.807) is 12.4 Å². The minimum Gasteiger partial charge on any atom is -0.477 e. The zero-order valence-electron chi connectivity index (χ0n) is 9.90. The molecule has 0 spiro atoms. The van der Waals surface area contributed by atoms with Gasteiger partial charge < -0.3 is 9.64 Å². The lowest BCUT2D eigenvalue weighted by molar-refractivity contribution is 0.228. The summed E-state index contributed by atoms with van der Waals surface area (Å²) in [7, 11) is 4.13. The van der Waals surface area contributed by atoms with E-state index in [9.17, 15) is 0 Å². The van der Waals surface area contributed by atoms with Crippen LogP contribution < -0.4 is 4.74 Å². The van der Waals surface area contributed by atoms with Gasteiger partial charge in [0.15, 0.2) is 0 Å². The Hall–Kier alpha value is -1.16. The number of rotatable bonds is 5. The van der Waals surface area contributed by atoms with Gasteiger partial charge in [0.1, 0.15) is 0 Å². The predicted molar refractivity (Wildman–Crippen MR) is 60.0 cm³/mol. The molecule has 4 heteroatoms. The van der Waals surface area contributed by atoms with Crippen molar-refractivity contribution >= 4 is 0 Å². The van der Waals surface area contributed by atoms with E-state index < -0.39 is 0 Å². The number of nitrogens with zero attached hydrogens (tertiary/aromatic N) is 3. The van der Waals surface area contributed by atoms with Crippen LogP contribution in [0.1, 0.15) is 19.0 Å². The molecule has 4 nitrogen and oxygen atoms in total. The molecule has 1 atom stereocenters. The molecule has 0 saturated carbocycles. The first-order chi connectivity index (χ1) is 7.09. The van der Waals surface area contributed by atoms with Gasteiger partial charge in [-0.05, 0) is 34.4 Å². The van der Waals surface area contributed by atoms with Crippen LogP contribution in [0.15, 0.2) is 12.4 Å². The minimum absolute atomic E-state index is 0.517. The van der Waals surface area contributed by atoms with E-state index in [0.717, 1.165) is 12.1 Å². The molecule has 0 saturated heterocycles. The van der Waals surface area contributed by atoms with Gasteiger partial charge in [-0.15, -0.1) is 0 Å². The van der Waals surface area contributed by atoms with E-state index in [-0.39, 0.29) is 0 Å². The molecule has 84 valence electrons. The molecule has 1 rings (SSSR count). The number of aromatic nitrogens is 2. The van der Waals surface area contributed by atoms with E-state index in [0.29, 0.717) is 18.5 Å². The highest BCUT2D eigenvalue weighted by Gasteiger charge is 2.04. The van der Waals surface area contributed by atoms with Gasteiger partial charge in [0.25, 0.3) is 0 Å². The number of hydrogen-bond acceptors (Lipinski definition) is 4. The molecule has 0 aliphatic heterocycles. The zero-order valence-corrected chi connectivity index (χ0v) is 9.90. The maximum Gasteiger partial charge on any atom is 0.232 e. The second-order valence-corrected chi connectivity index (χ2v) is 3.95. The van der Waals surface area contributed by atoms with Crippen molar-refractivity contribution in [3.8, 4) is 5.88 Å². The monoisotopic (exact) mass is 209 g/mol. The number of aryl methyl sites for hydroxylation is 1. The average molecular weight is 209 g/mol. The molecule has 0 N–H and O–H groups in total. The van der Waals surface area contributed by atoms with Gasteiger partial charge in [0.2, 0.25) is 5.88 Å².